The van der Waals surface area contributed by atoms with Crippen molar-refractivity contribution < 1.29 is 14.0 Å². The van der Waals surface area contributed by atoms with E-state index in [1.807, 2.05) is 11.0 Å². The Bertz CT molecular complexity index is 970. The number of H-pyrrole nitrogens is 1. The highest BCUT2D eigenvalue weighted by atomic mass is 79.9. The van der Waals surface area contributed by atoms with Gasteiger partial charge in [-0.2, -0.15) is 0 Å². The molecule has 0 spiro atoms. The molecule has 1 saturated heterocycles. The summed E-state index contributed by atoms with van der Waals surface area (Å²) < 4.78 is 5.67. The summed E-state index contributed by atoms with van der Waals surface area (Å²) in [6.07, 6.45) is 3.94. The molecule has 0 bridgehead atoms. The van der Waals surface area contributed by atoms with E-state index in [9.17, 15) is 9.59 Å². The molecule has 3 heterocycles. The summed E-state index contributed by atoms with van der Waals surface area (Å²) in [4.78, 5) is 29.5. The molecule has 3 aromatic rings. The summed E-state index contributed by atoms with van der Waals surface area (Å²) in [5, 5.41) is 3.89. The quantitative estimate of drug-likeness (QED) is 0.663. The molecule has 0 atom stereocenters. The fourth-order valence-corrected chi connectivity index (χ4v) is 3.97. The van der Waals surface area contributed by atoms with Gasteiger partial charge in [-0.15, -0.1) is 0 Å². The molecule has 0 saturated carbocycles. The van der Waals surface area contributed by atoms with E-state index in [1.54, 1.807) is 12.1 Å². The molecule has 1 aromatic carbocycles. The number of fused-ring (bicyclic) bond motifs is 1. The molecule has 0 aliphatic carbocycles. The van der Waals surface area contributed by atoms with Gasteiger partial charge in [0.05, 0.1) is 6.54 Å². The number of carbonyl (C=O) groups excluding carboxylic acids is 2. The van der Waals surface area contributed by atoms with E-state index in [1.165, 1.54) is 10.9 Å². The molecule has 1 aliphatic rings. The van der Waals surface area contributed by atoms with Crippen LogP contribution in [-0.4, -0.2) is 41.3 Å². The number of aromatic nitrogens is 1. The smallest absolute Gasteiger partial charge is 0.287 e. The molecule has 0 unspecified atom stereocenters. The molecule has 1 fully saturated rings. The molecule has 140 valence electrons. The van der Waals surface area contributed by atoms with Gasteiger partial charge in [0.15, 0.2) is 10.4 Å². The molecular formula is C20H20BrN3O3. The number of para-hydroxylation sites is 1. The number of benzene rings is 1. The highest BCUT2D eigenvalue weighted by Gasteiger charge is 2.25. The van der Waals surface area contributed by atoms with Crippen molar-refractivity contribution in [2.45, 2.75) is 18.8 Å². The van der Waals surface area contributed by atoms with E-state index in [4.69, 9.17) is 4.42 Å². The topological polar surface area (TPSA) is 78.3 Å². The lowest BCUT2D eigenvalue weighted by atomic mass is 9.89. The minimum absolute atomic E-state index is 0.0189. The molecule has 27 heavy (non-hydrogen) atoms. The van der Waals surface area contributed by atoms with Crippen LogP contribution in [0, 0.1) is 0 Å². The van der Waals surface area contributed by atoms with Crippen LogP contribution in [0.15, 0.2) is 51.7 Å². The Kier molecular flexibility index (Phi) is 5.03. The molecule has 2 N–H and O–H groups in total. The average Bonchev–Trinajstić information content (AvgIpc) is 3.32. The first kappa shape index (κ1) is 17.9. The number of hydrogen-bond acceptors (Lipinski definition) is 3. The zero-order valence-electron chi connectivity index (χ0n) is 14.7. The van der Waals surface area contributed by atoms with Crippen LogP contribution in [0.1, 0.15) is 34.9 Å². The molecule has 2 amide bonds. The maximum absolute atomic E-state index is 12.4. The Morgan fingerprint density at radius 1 is 1.19 bits per heavy atom. The predicted molar refractivity (Wildman–Crippen MR) is 106 cm³/mol. The van der Waals surface area contributed by atoms with Crippen LogP contribution >= 0.6 is 15.9 Å². The lowest BCUT2D eigenvalue weighted by Gasteiger charge is -2.32. The largest absolute Gasteiger partial charge is 0.444 e. The van der Waals surface area contributed by atoms with Gasteiger partial charge in [0.2, 0.25) is 5.91 Å². The third kappa shape index (κ3) is 3.78. The number of halogens is 1. The van der Waals surface area contributed by atoms with Crippen molar-refractivity contribution in [1.82, 2.24) is 15.2 Å². The number of hydrogen-bond donors (Lipinski definition) is 2. The van der Waals surface area contributed by atoms with Crippen molar-refractivity contribution in [3.63, 3.8) is 0 Å². The molecule has 1 aliphatic heterocycles. The Morgan fingerprint density at radius 3 is 2.70 bits per heavy atom. The van der Waals surface area contributed by atoms with E-state index in [0.717, 1.165) is 18.4 Å². The van der Waals surface area contributed by atoms with Crippen molar-refractivity contribution in [2.24, 2.45) is 0 Å². The number of carbonyl (C=O) groups is 2. The second kappa shape index (κ2) is 7.60. The highest BCUT2D eigenvalue weighted by molar-refractivity contribution is 9.10. The van der Waals surface area contributed by atoms with Gasteiger partial charge in [-0.25, -0.2) is 0 Å². The molecule has 4 rings (SSSR count). The molecule has 6 nitrogen and oxygen atoms in total. The third-order valence-corrected chi connectivity index (χ3v) is 5.53. The van der Waals surface area contributed by atoms with Crippen LogP contribution in [0.2, 0.25) is 0 Å². The SMILES string of the molecule is O=C(NCC(=O)N1CCC(c2c[nH]c3ccccc23)CC1)c1ccc(Br)o1. The normalized spacial score (nSPS) is 15.2. The first-order valence-electron chi connectivity index (χ1n) is 8.99. The fourth-order valence-electron chi connectivity index (χ4n) is 3.66. The summed E-state index contributed by atoms with van der Waals surface area (Å²) in [5.74, 6) is 0.182. The summed E-state index contributed by atoms with van der Waals surface area (Å²) in [6, 6.07) is 11.5. The highest BCUT2D eigenvalue weighted by Crippen LogP contribution is 2.33. The Morgan fingerprint density at radius 2 is 1.96 bits per heavy atom. The number of piperidine rings is 1. The third-order valence-electron chi connectivity index (χ3n) is 5.11. The number of nitrogens with zero attached hydrogens (tertiary/aromatic N) is 1. The van der Waals surface area contributed by atoms with Gasteiger partial charge in [0.1, 0.15) is 0 Å². The minimum Gasteiger partial charge on any atom is -0.444 e. The number of furan rings is 1. The fraction of sp³-hybridized carbons (Fsp3) is 0.300. The van der Waals surface area contributed by atoms with Gasteiger partial charge in [0.25, 0.3) is 5.91 Å². The van der Waals surface area contributed by atoms with Crippen LogP contribution in [0.25, 0.3) is 10.9 Å². The maximum atomic E-state index is 12.4. The van der Waals surface area contributed by atoms with Crippen molar-refractivity contribution >= 4 is 38.6 Å². The molecule has 0 radical (unpaired) electrons. The second-order valence-corrected chi connectivity index (χ2v) is 7.51. The van der Waals surface area contributed by atoms with E-state index in [-0.39, 0.29) is 24.1 Å². The van der Waals surface area contributed by atoms with Gasteiger partial charge < -0.3 is 19.6 Å². The number of rotatable bonds is 4. The van der Waals surface area contributed by atoms with E-state index in [0.29, 0.717) is 23.7 Å². The minimum atomic E-state index is -0.386. The van der Waals surface area contributed by atoms with Crippen molar-refractivity contribution in [2.75, 3.05) is 19.6 Å². The number of likely N-dealkylation sites (tertiary alicyclic amines) is 1. The van der Waals surface area contributed by atoms with Crippen molar-refractivity contribution in [3.05, 3.63) is 58.6 Å². The first-order valence-corrected chi connectivity index (χ1v) is 9.78. The lowest BCUT2D eigenvalue weighted by Crippen LogP contribution is -2.43. The number of aromatic amines is 1. The zero-order chi connectivity index (χ0) is 18.8. The van der Waals surface area contributed by atoms with Crippen molar-refractivity contribution in [1.29, 1.82) is 0 Å². The van der Waals surface area contributed by atoms with Gasteiger partial charge >= 0.3 is 0 Å². The van der Waals surface area contributed by atoms with E-state index in [2.05, 4.69) is 50.6 Å². The van der Waals surface area contributed by atoms with E-state index < -0.39 is 0 Å². The molecular weight excluding hydrogens is 410 g/mol. The summed E-state index contributed by atoms with van der Waals surface area (Å²) >= 11 is 3.16. The van der Waals surface area contributed by atoms with Crippen LogP contribution in [0.3, 0.4) is 0 Å². The monoisotopic (exact) mass is 429 g/mol. The van der Waals surface area contributed by atoms with Gasteiger partial charge in [-0.3, -0.25) is 9.59 Å². The average molecular weight is 430 g/mol. The Hall–Kier alpha value is -2.54. The van der Waals surface area contributed by atoms with Crippen LogP contribution in [0.5, 0.6) is 0 Å². The maximum Gasteiger partial charge on any atom is 0.287 e. The van der Waals surface area contributed by atoms with Crippen LogP contribution in [-0.2, 0) is 4.79 Å². The summed E-state index contributed by atoms with van der Waals surface area (Å²) in [5.41, 5.74) is 2.48. The van der Waals surface area contributed by atoms with Gasteiger partial charge in [0, 0.05) is 30.2 Å². The Balaban J connectivity index is 1.31. The van der Waals surface area contributed by atoms with Crippen LogP contribution < -0.4 is 5.32 Å². The van der Waals surface area contributed by atoms with Crippen LogP contribution in [0.4, 0.5) is 0 Å². The van der Waals surface area contributed by atoms with Crippen molar-refractivity contribution in [3.8, 4) is 0 Å². The summed E-state index contributed by atoms with van der Waals surface area (Å²) in [6.45, 7) is 1.38. The zero-order valence-corrected chi connectivity index (χ0v) is 16.3. The second-order valence-electron chi connectivity index (χ2n) is 6.73. The first-order chi connectivity index (χ1) is 13.1. The predicted octanol–water partition coefficient (Wildman–Crippen LogP) is 3.66. The number of amides is 2. The number of nitrogens with one attached hydrogen (secondary N) is 2. The standard InChI is InChI=1S/C20H20BrN3O3/c21-18-6-5-17(27-18)20(26)23-12-19(25)24-9-7-13(8-10-24)15-11-22-16-4-2-1-3-14(15)16/h1-6,11,13,22H,7-10,12H2,(H,23,26). The molecule has 7 heteroatoms. The van der Waals surface area contributed by atoms with Gasteiger partial charge in [-0.05, 0) is 58.5 Å². The Labute approximate surface area is 165 Å². The lowest BCUT2D eigenvalue weighted by molar-refractivity contribution is -0.131. The molecule has 2 aromatic heterocycles. The van der Waals surface area contributed by atoms with E-state index >= 15 is 0 Å². The van der Waals surface area contributed by atoms with Gasteiger partial charge in [-0.1, -0.05) is 18.2 Å². The summed E-state index contributed by atoms with van der Waals surface area (Å²) in [7, 11) is 0.